The molecule has 0 aromatic heterocycles. The van der Waals surface area contributed by atoms with Crippen LogP contribution in [0.1, 0.15) is 37.3 Å². The molecule has 0 saturated carbocycles. The first-order valence-electron chi connectivity index (χ1n) is 12.1. The van der Waals surface area contributed by atoms with E-state index in [0.29, 0.717) is 0 Å². The zero-order chi connectivity index (χ0) is 23.8. The molecular formula is C33H33N. The van der Waals surface area contributed by atoms with E-state index in [-0.39, 0.29) is 0 Å². The Morgan fingerprint density at radius 2 is 1.59 bits per heavy atom. The predicted octanol–water partition coefficient (Wildman–Crippen LogP) is 9.65. The van der Waals surface area contributed by atoms with Crippen molar-refractivity contribution in [2.75, 3.05) is 4.90 Å². The summed E-state index contributed by atoms with van der Waals surface area (Å²) in [6.07, 6.45) is 16.5. The maximum atomic E-state index is 4.09. The first kappa shape index (κ1) is 23.3. The van der Waals surface area contributed by atoms with Crippen LogP contribution in [0.15, 0.2) is 133 Å². The third-order valence-corrected chi connectivity index (χ3v) is 6.26. The topological polar surface area (TPSA) is 3.24 Å². The molecule has 0 heterocycles. The SMILES string of the molecule is C=C/C(CC)=C(\C=C/c1ccccc1N(c1ccccc1)c1ccccc1C)C1=CCCC=C1. The van der Waals surface area contributed by atoms with E-state index in [1.54, 1.807) is 0 Å². The van der Waals surface area contributed by atoms with Crippen LogP contribution >= 0.6 is 0 Å². The molecule has 0 aliphatic heterocycles. The summed E-state index contributed by atoms with van der Waals surface area (Å²) in [7, 11) is 0. The van der Waals surface area contributed by atoms with E-state index >= 15 is 0 Å². The van der Waals surface area contributed by atoms with Crippen LogP contribution in [0.25, 0.3) is 6.08 Å². The third kappa shape index (κ3) is 5.21. The number of aryl methyl sites for hydroxylation is 1. The number of allylic oxidation sites excluding steroid dienone is 8. The lowest BCUT2D eigenvalue weighted by atomic mass is 9.93. The number of rotatable bonds is 8. The largest absolute Gasteiger partial charge is 0.310 e. The molecule has 0 radical (unpaired) electrons. The van der Waals surface area contributed by atoms with Crippen molar-refractivity contribution < 1.29 is 0 Å². The highest BCUT2D eigenvalue weighted by Gasteiger charge is 2.16. The second kappa shape index (κ2) is 11.3. The standard InChI is InChI=1S/C33H33N/c1-4-27(5-2)31(28-17-8-6-9-18-28)25-24-29-19-13-15-23-33(29)34(30-20-10-7-11-21-30)32-22-14-12-16-26(32)3/h4,7-8,10-25H,1,5-6,9H2,2-3H3/b25-24-,31-27-. The highest BCUT2D eigenvalue weighted by atomic mass is 15.1. The molecule has 4 rings (SSSR count). The van der Waals surface area contributed by atoms with Gasteiger partial charge in [0.15, 0.2) is 0 Å². The van der Waals surface area contributed by atoms with Crippen molar-refractivity contribution in [3.63, 3.8) is 0 Å². The first-order valence-corrected chi connectivity index (χ1v) is 12.1. The van der Waals surface area contributed by atoms with Gasteiger partial charge in [-0.1, -0.05) is 105 Å². The fourth-order valence-corrected chi connectivity index (χ4v) is 4.45. The van der Waals surface area contributed by atoms with Gasteiger partial charge in [-0.3, -0.25) is 0 Å². The average Bonchev–Trinajstić information content (AvgIpc) is 2.90. The number of anilines is 3. The number of nitrogens with zero attached hydrogens (tertiary/aromatic N) is 1. The van der Waals surface area contributed by atoms with Gasteiger partial charge in [0, 0.05) is 11.4 Å². The fraction of sp³-hybridized carbons (Fsp3) is 0.152. The molecule has 0 bridgehead atoms. The van der Waals surface area contributed by atoms with Gasteiger partial charge in [0.05, 0.1) is 5.69 Å². The molecular weight excluding hydrogens is 410 g/mol. The maximum Gasteiger partial charge on any atom is 0.0534 e. The van der Waals surface area contributed by atoms with Crippen LogP contribution in [0, 0.1) is 6.92 Å². The second-order valence-electron chi connectivity index (χ2n) is 8.49. The van der Waals surface area contributed by atoms with Crippen molar-refractivity contribution in [3.05, 3.63) is 144 Å². The van der Waals surface area contributed by atoms with Crippen LogP contribution in [-0.2, 0) is 0 Å². The average molecular weight is 444 g/mol. The molecule has 3 aromatic carbocycles. The number of hydrogen-bond acceptors (Lipinski definition) is 1. The zero-order valence-corrected chi connectivity index (χ0v) is 20.2. The Hall–Kier alpha value is -3.84. The maximum absolute atomic E-state index is 4.09. The van der Waals surface area contributed by atoms with Gasteiger partial charge in [0.2, 0.25) is 0 Å². The van der Waals surface area contributed by atoms with Crippen LogP contribution in [0.3, 0.4) is 0 Å². The van der Waals surface area contributed by atoms with Crippen molar-refractivity contribution in [3.8, 4) is 0 Å². The van der Waals surface area contributed by atoms with Gasteiger partial charge in [0.25, 0.3) is 0 Å². The molecule has 1 heteroatoms. The van der Waals surface area contributed by atoms with Crippen LogP contribution in [0.2, 0.25) is 0 Å². The summed E-state index contributed by atoms with van der Waals surface area (Å²) in [5.74, 6) is 0. The molecule has 170 valence electrons. The minimum absolute atomic E-state index is 0.954. The smallest absolute Gasteiger partial charge is 0.0534 e. The summed E-state index contributed by atoms with van der Waals surface area (Å²) < 4.78 is 0. The Bertz CT molecular complexity index is 1250. The molecule has 0 unspecified atom stereocenters. The monoisotopic (exact) mass is 443 g/mol. The van der Waals surface area contributed by atoms with E-state index in [9.17, 15) is 0 Å². The molecule has 1 aliphatic rings. The number of benzene rings is 3. The quantitative estimate of drug-likeness (QED) is 0.313. The van der Waals surface area contributed by atoms with E-state index in [1.807, 2.05) is 6.08 Å². The van der Waals surface area contributed by atoms with Gasteiger partial charge in [-0.25, -0.2) is 0 Å². The Morgan fingerprint density at radius 1 is 0.882 bits per heavy atom. The van der Waals surface area contributed by atoms with Crippen LogP contribution < -0.4 is 4.90 Å². The normalized spacial score (nSPS) is 14.0. The van der Waals surface area contributed by atoms with Crippen molar-refractivity contribution in [1.82, 2.24) is 0 Å². The van der Waals surface area contributed by atoms with Crippen LogP contribution in [-0.4, -0.2) is 0 Å². The first-order chi connectivity index (χ1) is 16.7. The molecule has 34 heavy (non-hydrogen) atoms. The zero-order valence-electron chi connectivity index (χ0n) is 20.2. The Kier molecular flexibility index (Phi) is 7.78. The number of para-hydroxylation sites is 3. The van der Waals surface area contributed by atoms with Crippen molar-refractivity contribution in [2.24, 2.45) is 0 Å². The van der Waals surface area contributed by atoms with E-state index in [2.05, 4.69) is 135 Å². The van der Waals surface area contributed by atoms with Crippen molar-refractivity contribution in [2.45, 2.75) is 33.1 Å². The van der Waals surface area contributed by atoms with Gasteiger partial charge in [-0.2, -0.15) is 0 Å². The molecule has 0 spiro atoms. The van der Waals surface area contributed by atoms with Gasteiger partial charge < -0.3 is 4.90 Å². The lowest BCUT2D eigenvalue weighted by molar-refractivity contribution is 1.02. The molecule has 0 fully saturated rings. The summed E-state index contributed by atoms with van der Waals surface area (Å²) in [5, 5.41) is 0. The Labute approximate surface area is 204 Å². The van der Waals surface area contributed by atoms with Crippen LogP contribution in [0.5, 0.6) is 0 Å². The van der Waals surface area contributed by atoms with Gasteiger partial charge in [-0.05, 0) is 78.3 Å². The van der Waals surface area contributed by atoms with E-state index in [1.165, 1.54) is 33.5 Å². The third-order valence-electron chi connectivity index (χ3n) is 6.26. The van der Waals surface area contributed by atoms with E-state index in [4.69, 9.17) is 0 Å². The summed E-state index contributed by atoms with van der Waals surface area (Å²) >= 11 is 0. The Morgan fingerprint density at radius 3 is 2.26 bits per heavy atom. The summed E-state index contributed by atoms with van der Waals surface area (Å²) in [6.45, 7) is 8.45. The fourth-order valence-electron chi connectivity index (χ4n) is 4.45. The molecule has 3 aromatic rings. The van der Waals surface area contributed by atoms with E-state index < -0.39 is 0 Å². The van der Waals surface area contributed by atoms with Gasteiger partial charge in [0.1, 0.15) is 0 Å². The molecule has 0 N–H and O–H groups in total. The van der Waals surface area contributed by atoms with Gasteiger partial charge in [-0.15, -0.1) is 0 Å². The molecule has 1 aliphatic carbocycles. The minimum Gasteiger partial charge on any atom is -0.310 e. The molecule has 0 atom stereocenters. The van der Waals surface area contributed by atoms with E-state index in [0.717, 1.165) is 30.6 Å². The van der Waals surface area contributed by atoms with Gasteiger partial charge >= 0.3 is 0 Å². The lowest BCUT2D eigenvalue weighted by Crippen LogP contribution is -2.12. The highest BCUT2D eigenvalue weighted by Crippen LogP contribution is 2.38. The van der Waals surface area contributed by atoms with Crippen LogP contribution in [0.4, 0.5) is 17.1 Å². The van der Waals surface area contributed by atoms with Crippen molar-refractivity contribution >= 4 is 23.1 Å². The summed E-state index contributed by atoms with van der Waals surface area (Å²) in [5.41, 5.74) is 9.71. The predicted molar refractivity (Wildman–Crippen MR) is 149 cm³/mol. The second-order valence-corrected chi connectivity index (χ2v) is 8.49. The molecule has 0 amide bonds. The summed E-state index contributed by atoms with van der Waals surface area (Å²) in [6, 6.07) is 27.8. The lowest BCUT2D eigenvalue weighted by Gasteiger charge is -2.28. The number of hydrogen-bond donors (Lipinski definition) is 0. The molecule has 1 nitrogen and oxygen atoms in total. The Balaban J connectivity index is 1.84. The minimum atomic E-state index is 0.954. The highest BCUT2D eigenvalue weighted by molar-refractivity contribution is 5.84. The summed E-state index contributed by atoms with van der Waals surface area (Å²) in [4.78, 5) is 2.35. The molecule has 0 saturated heterocycles. The van der Waals surface area contributed by atoms with Crippen molar-refractivity contribution in [1.29, 1.82) is 0 Å².